The molecule has 0 bridgehead atoms. The highest BCUT2D eigenvalue weighted by atomic mass is 32.2. The number of carbonyl (C=O) groups excluding carboxylic acids is 1. The van der Waals surface area contributed by atoms with E-state index in [1.165, 1.54) is 11.8 Å². The fourth-order valence-corrected chi connectivity index (χ4v) is 2.40. The lowest BCUT2D eigenvalue weighted by Crippen LogP contribution is -2.34. The van der Waals surface area contributed by atoms with Gasteiger partial charge in [-0.15, -0.1) is 11.8 Å². The van der Waals surface area contributed by atoms with Crippen LogP contribution in [0.25, 0.3) is 0 Å². The predicted octanol–water partition coefficient (Wildman–Crippen LogP) is 1.64. The molecule has 2 rings (SSSR count). The molecule has 0 aliphatic rings. The minimum absolute atomic E-state index is 0.0541. The Hall–Kier alpha value is -1.59. The van der Waals surface area contributed by atoms with E-state index in [0.29, 0.717) is 12.2 Å². The fourth-order valence-electron chi connectivity index (χ4n) is 1.53. The molecule has 18 heavy (non-hydrogen) atoms. The zero-order valence-electron chi connectivity index (χ0n) is 9.87. The molecule has 4 nitrogen and oxygen atoms in total. The van der Waals surface area contributed by atoms with Gasteiger partial charge in [-0.25, -0.2) is 4.98 Å². The van der Waals surface area contributed by atoms with Gasteiger partial charge in [0.25, 0.3) is 0 Å². The van der Waals surface area contributed by atoms with Crippen molar-refractivity contribution in [1.29, 1.82) is 0 Å². The second kappa shape index (κ2) is 6.37. The number of hydrogen-bond acceptors (Lipinski definition) is 4. The summed E-state index contributed by atoms with van der Waals surface area (Å²) in [5.74, 6) is 0.456. The normalized spacial score (nSPS) is 12.3. The summed E-state index contributed by atoms with van der Waals surface area (Å²) in [7, 11) is 0. The molecule has 0 fully saturated rings. The second-order valence-electron chi connectivity index (χ2n) is 3.96. The van der Waals surface area contributed by atoms with Crippen molar-refractivity contribution < 1.29 is 4.79 Å². The Morgan fingerprint density at radius 1 is 1.39 bits per heavy atom. The summed E-state index contributed by atoms with van der Waals surface area (Å²) in [4.78, 5) is 19.8. The Balaban J connectivity index is 1.81. The smallest absolute Gasteiger partial charge is 0.160 e. The number of rotatable bonds is 6. The van der Waals surface area contributed by atoms with E-state index in [4.69, 9.17) is 5.73 Å². The largest absolute Gasteiger partial charge is 0.348 e. The zero-order chi connectivity index (χ0) is 12.8. The third-order valence-electron chi connectivity index (χ3n) is 2.53. The molecule has 0 saturated carbocycles. The summed E-state index contributed by atoms with van der Waals surface area (Å²) in [6, 6.07) is 9.36. The van der Waals surface area contributed by atoms with Crippen LogP contribution in [0.15, 0.2) is 47.8 Å². The van der Waals surface area contributed by atoms with Crippen molar-refractivity contribution >= 4 is 17.5 Å². The maximum absolute atomic E-state index is 11.9. The first kappa shape index (κ1) is 12.9. The predicted molar refractivity (Wildman–Crippen MR) is 72.4 cm³/mol. The molecule has 3 N–H and O–H groups in total. The summed E-state index contributed by atoms with van der Waals surface area (Å²) < 4.78 is 0. The van der Waals surface area contributed by atoms with Crippen molar-refractivity contribution in [2.75, 3.05) is 5.75 Å². The first-order valence-electron chi connectivity index (χ1n) is 5.69. The number of H-pyrrole nitrogens is 1. The molecule has 0 radical (unpaired) electrons. The van der Waals surface area contributed by atoms with Gasteiger partial charge in [-0.3, -0.25) is 4.79 Å². The van der Waals surface area contributed by atoms with E-state index in [2.05, 4.69) is 9.97 Å². The van der Waals surface area contributed by atoms with Crippen LogP contribution in [0, 0.1) is 0 Å². The number of Topliss-reactive ketones (excluding diaryl/α,β-unsaturated/α-hetero) is 1. The van der Waals surface area contributed by atoms with Gasteiger partial charge in [-0.2, -0.15) is 0 Å². The SMILES string of the molecule is NC(Cc1cnc[nH]1)C(=O)CSc1ccccc1. The van der Waals surface area contributed by atoms with Crippen LogP contribution in [0.3, 0.4) is 0 Å². The Bertz CT molecular complexity index is 484. The van der Waals surface area contributed by atoms with Crippen molar-refractivity contribution in [3.05, 3.63) is 48.5 Å². The molecule has 0 aliphatic heterocycles. The van der Waals surface area contributed by atoms with Crippen LogP contribution in [0.5, 0.6) is 0 Å². The first-order chi connectivity index (χ1) is 8.75. The van der Waals surface area contributed by atoms with E-state index < -0.39 is 6.04 Å². The monoisotopic (exact) mass is 261 g/mol. The van der Waals surface area contributed by atoms with Gasteiger partial charge >= 0.3 is 0 Å². The fraction of sp³-hybridized carbons (Fsp3) is 0.231. The molecule has 0 amide bonds. The van der Waals surface area contributed by atoms with E-state index in [9.17, 15) is 4.79 Å². The van der Waals surface area contributed by atoms with E-state index >= 15 is 0 Å². The van der Waals surface area contributed by atoms with E-state index in [-0.39, 0.29) is 5.78 Å². The number of hydrogen-bond donors (Lipinski definition) is 2. The summed E-state index contributed by atoms with van der Waals surface area (Å²) >= 11 is 1.51. The van der Waals surface area contributed by atoms with Crippen molar-refractivity contribution in [1.82, 2.24) is 9.97 Å². The third-order valence-corrected chi connectivity index (χ3v) is 3.57. The molecule has 1 atom stereocenters. The lowest BCUT2D eigenvalue weighted by atomic mass is 10.1. The summed E-state index contributed by atoms with van der Waals surface area (Å²) in [6.07, 6.45) is 3.79. The molecular weight excluding hydrogens is 246 g/mol. The first-order valence-corrected chi connectivity index (χ1v) is 6.67. The highest BCUT2D eigenvalue weighted by molar-refractivity contribution is 8.00. The Kier molecular flexibility index (Phi) is 4.55. The van der Waals surface area contributed by atoms with Gasteiger partial charge in [0.15, 0.2) is 5.78 Å². The van der Waals surface area contributed by atoms with Gasteiger partial charge in [0, 0.05) is 23.2 Å². The Morgan fingerprint density at radius 3 is 2.83 bits per heavy atom. The van der Waals surface area contributed by atoms with Crippen LogP contribution in [0.1, 0.15) is 5.69 Å². The maximum atomic E-state index is 11.9. The number of thioether (sulfide) groups is 1. The highest BCUT2D eigenvalue weighted by Crippen LogP contribution is 2.17. The van der Waals surface area contributed by atoms with Crippen LogP contribution >= 0.6 is 11.8 Å². The second-order valence-corrected chi connectivity index (χ2v) is 5.00. The number of nitrogens with zero attached hydrogens (tertiary/aromatic N) is 1. The lowest BCUT2D eigenvalue weighted by molar-refractivity contribution is -0.117. The number of carbonyl (C=O) groups is 1. The van der Waals surface area contributed by atoms with Crippen LogP contribution in [-0.2, 0) is 11.2 Å². The van der Waals surface area contributed by atoms with Gasteiger partial charge in [0.1, 0.15) is 0 Å². The molecule has 1 heterocycles. The summed E-state index contributed by atoms with van der Waals surface area (Å²) in [5.41, 5.74) is 6.75. The molecule has 0 saturated heterocycles. The van der Waals surface area contributed by atoms with Crippen LogP contribution in [0.4, 0.5) is 0 Å². The van der Waals surface area contributed by atoms with Gasteiger partial charge in [0.2, 0.25) is 0 Å². The van der Waals surface area contributed by atoms with Crippen LogP contribution in [0.2, 0.25) is 0 Å². The zero-order valence-corrected chi connectivity index (χ0v) is 10.7. The van der Waals surface area contributed by atoms with Gasteiger partial charge in [-0.05, 0) is 12.1 Å². The third kappa shape index (κ3) is 3.72. The number of aromatic amines is 1. The number of ketones is 1. The standard InChI is InChI=1S/C13H15N3OS/c14-12(6-10-7-15-9-16-10)13(17)8-18-11-4-2-1-3-5-11/h1-5,7,9,12H,6,8,14H2,(H,15,16). The molecule has 2 aromatic rings. The van der Waals surface area contributed by atoms with E-state index in [1.54, 1.807) is 12.5 Å². The number of aromatic nitrogens is 2. The number of nitrogens with two attached hydrogens (primary N) is 1. The van der Waals surface area contributed by atoms with Gasteiger partial charge < -0.3 is 10.7 Å². The van der Waals surface area contributed by atoms with Crippen molar-refractivity contribution in [3.8, 4) is 0 Å². The average Bonchev–Trinajstić information content (AvgIpc) is 2.90. The number of benzene rings is 1. The molecule has 1 unspecified atom stereocenters. The molecule has 1 aromatic heterocycles. The molecule has 0 spiro atoms. The summed E-state index contributed by atoms with van der Waals surface area (Å²) in [6.45, 7) is 0. The Labute approximate surface area is 110 Å². The molecular formula is C13H15N3OS. The summed E-state index contributed by atoms with van der Waals surface area (Å²) in [5, 5.41) is 0. The molecule has 0 aliphatic carbocycles. The highest BCUT2D eigenvalue weighted by Gasteiger charge is 2.14. The van der Waals surface area contributed by atoms with E-state index in [1.807, 2.05) is 30.3 Å². The molecule has 94 valence electrons. The van der Waals surface area contributed by atoms with Gasteiger partial charge in [-0.1, -0.05) is 18.2 Å². The van der Waals surface area contributed by atoms with Gasteiger partial charge in [0.05, 0.1) is 18.1 Å². The molecule has 5 heteroatoms. The van der Waals surface area contributed by atoms with Crippen LogP contribution in [-0.4, -0.2) is 27.5 Å². The topological polar surface area (TPSA) is 71.8 Å². The minimum atomic E-state index is -0.471. The van der Waals surface area contributed by atoms with Crippen molar-refractivity contribution in [3.63, 3.8) is 0 Å². The van der Waals surface area contributed by atoms with Crippen molar-refractivity contribution in [2.45, 2.75) is 17.4 Å². The van der Waals surface area contributed by atoms with Crippen molar-refractivity contribution in [2.24, 2.45) is 5.73 Å². The quantitative estimate of drug-likeness (QED) is 0.775. The molecule has 1 aromatic carbocycles. The number of nitrogens with one attached hydrogen (secondary N) is 1. The lowest BCUT2D eigenvalue weighted by Gasteiger charge is -2.08. The number of imidazole rings is 1. The maximum Gasteiger partial charge on any atom is 0.160 e. The minimum Gasteiger partial charge on any atom is -0.348 e. The average molecular weight is 261 g/mol. The van der Waals surface area contributed by atoms with Crippen LogP contribution < -0.4 is 5.73 Å². The Morgan fingerprint density at radius 2 is 2.17 bits per heavy atom. The van der Waals surface area contributed by atoms with E-state index in [0.717, 1.165) is 10.6 Å².